The second kappa shape index (κ2) is 14.5. The first-order valence-corrected chi connectivity index (χ1v) is 10.8. The summed E-state index contributed by atoms with van der Waals surface area (Å²) in [5.74, 6) is 2.12. The molecule has 0 aliphatic heterocycles. The van der Waals surface area contributed by atoms with Gasteiger partial charge in [-0.2, -0.15) is 0 Å². The molecular weight excluding hydrogens is 519 g/mol. The van der Waals surface area contributed by atoms with Gasteiger partial charge in [-0.05, 0) is 63.1 Å². The third kappa shape index (κ3) is 8.94. The molecule has 1 atom stereocenters. The second-order valence-corrected chi connectivity index (χ2v) is 7.01. The highest BCUT2D eigenvalue weighted by Crippen LogP contribution is 2.30. The van der Waals surface area contributed by atoms with E-state index in [4.69, 9.17) is 14.5 Å². The Hall–Kier alpha value is -2.49. The fourth-order valence-electron chi connectivity index (χ4n) is 3.07. The molecule has 0 aromatic heterocycles. The van der Waals surface area contributed by atoms with Gasteiger partial charge in [0.1, 0.15) is 0 Å². The lowest BCUT2D eigenvalue weighted by molar-refractivity contribution is -0.114. The van der Waals surface area contributed by atoms with Crippen molar-refractivity contribution in [2.75, 3.05) is 25.1 Å². The molecule has 0 saturated heterocycles. The van der Waals surface area contributed by atoms with Crippen LogP contribution in [0.3, 0.4) is 0 Å². The van der Waals surface area contributed by atoms with E-state index in [-0.39, 0.29) is 35.9 Å². The highest BCUT2D eigenvalue weighted by atomic mass is 127. The molecule has 0 spiro atoms. The summed E-state index contributed by atoms with van der Waals surface area (Å²) in [5.41, 5.74) is 2.85. The molecule has 2 rings (SSSR count). The third-order valence-electron chi connectivity index (χ3n) is 4.43. The highest BCUT2D eigenvalue weighted by molar-refractivity contribution is 14.0. The molecule has 0 heterocycles. The summed E-state index contributed by atoms with van der Waals surface area (Å²) in [6.07, 6.45) is 0. The van der Waals surface area contributed by atoms with Gasteiger partial charge in [-0.1, -0.05) is 18.2 Å². The van der Waals surface area contributed by atoms with Crippen LogP contribution >= 0.6 is 24.0 Å². The molecule has 2 aromatic carbocycles. The van der Waals surface area contributed by atoms with Crippen LogP contribution in [0.25, 0.3) is 0 Å². The lowest BCUT2D eigenvalue weighted by Gasteiger charge is -2.20. The van der Waals surface area contributed by atoms with Crippen LogP contribution in [0.4, 0.5) is 5.69 Å². The second-order valence-electron chi connectivity index (χ2n) is 7.01. The van der Waals surface area contributed by atoms with E-state index in [1.165, 1.54) is 6.92 Å². The summed E-state index contributed by atoms with van der Waals surface area (Å²) in [6, 6.07) is 13.7. The van der Waals surface area contributed by atoms with Crippen molar-refractivity contribution in [1.82, 2.24) is 10.6 Å². The molecular formula is C24H35IN4O3. The van der Waals surface area contributed by atoms with Crippen LogP contribution in [0, 0.1) is 0 Å². The van der Waals surface area contributed by atoms with Gasteiger partial charge in [0.2, 0.25) is 5.91 Å². The molecule has 3 N–H and O–H groups in total. The van der Waals surface area contributed by atoms with E-state index in [0.29, 0.717) is 25.7 Å². The van der Waals surface area contributed by atoms with Crippen molar-refractivity contribution in [3.8, 4) is 11.5 Å². The van der Waals surface area contributed by atoms with Crippen LogP contribution < -0.4 is 25.4 Å². The smallest absolute Gasteiger partial charge is 0.221 e. The summed E-state index contributed by atoms with van der Waals surface area (Å²) in [7, 11) is 0. The first-order valence-electron chi connectivity index (χ1n) is 10.8. The van der Waals surface area contributed by atoms with E-state index in [9.17, 15) is 4.79 Å². The van der Waals surface area contributed by atoms with E-state index in [2.05, 4.69) is 22.9 Å². The number of hydrogen-bond acceptors (Lipinski definition) is 4. The SMILES string of the molecule is CCNC(=NCc1cccc(NC(C)=O)c1)NC(C)c1ccc(OCC)c(OCC)c1.I. The number of aliphatic imine (C=N–C) groups is 1. The first-order chi connectivity index (χ1) is 15.0. The maximum Gasteiger partial charge on any atom is 0.221 e. The van der Waals surface area contributed by atoms with Gasteiger partial charge < -0.3 is 25.4 Å². The monoisotopic (exact) mass is 554 g/mol. The molecule has 2 aromatic rings. The predicted octanol–water partition coefficient (Wildman–Crippen LogP) is 4.88. The Balaban J connectivity index is 0.00000512. The minimum absolute atomic E-state index is 0. The number of carbonyl (C=O) groups excluding carboxylic acids is 1. The van der Waals surface area contributed by atoms with E-state index in [1.54, 1.807) is 0 Å². The van der Waals surface area contributed by atoms with Crippen LogP contribution in [-0.4, -0.2) is 31.6 Å². The fourth-order valence-corrected chi connectivity index (χ4v) is 3.07. The van der Waals surface area contributed by atoms with Crippen molar-refractivity contribution in [2.24, 2.45) is 4.99 Å². The number of nitrogens with zero attached hydrogens (tertiary/aromatic N) is 1. The molecule has 0 radical (unpaired) electrons. The average molecular weight is 554 g/mol. The zero-order chi connectivity index (χ0) is 22.6. The minimum atomic E-state index is -0.0914. The van der Waals surface area contributed by atoms with Gasteiger partial charge in [-0.3, -0.25) is 4.79 Å². The Morgan fingerprint density at radius 2 is 1.75 bits per heavy atom. The van der Waals surface area contributed by atoms with Crippen LogP contribution in [-0.2, 0) is 11.3 Å². The predicted molar refractivity (Wildman–Crippen MR) is 141 cm³/mol. The molecule has 0 saturated carbocycles. The van der Waals surface area contributed by atoms with E-state index >= 15 is 0 Å². The maximum absolute atomic E-state index is 11.3. The maximum atomic E-state index is 11.3. The van der Waals surface area contributed by atoms with Crippen LogP contribution in [0.2, 0.25) is 0 Å². The molecule has 32 heavy (non-hydrogen) atoms. The minimum Gasteiger partial charge on any atom is -0.490 e. The van der Waals surface area contributed by atoms with Gasteiger partial charge in [0.05, 0.1) is 25.8 Å². The van der Waals surface area contributed by atoms with Crippen molar-refractivity contribution >= 4 is 41.5 Å². The Labute approximate surface area is 208 Å². The number of carbonyl (C=O) groups is 1. The normalized spacial score (nSPS) is 11.7. The topological polar surface area (TPSA) is 84.0 Å². The number of nitrogens with one attached hydrogen (secondary N) is 3. The van der Waals surface area contributed by atoms with Gasteiger partial charge >= 0.3 is 0 Å². The Bertz CT molecular complexity index is 889. The van der Waals surface area contributed by atoms with Crippen molar-refractivity contribution in [3.05, 3.63) is 53.6 Å². The first kappa shape index (κ1) is 27.5. The van der Waals surface area contributed by atoms with E-state index in [0.717, 1.165) is 34.9 Å². The fraction of sp³-hybridized carbons (Fsp3) is 0.417. The largest absolute Gasteiger partial charge is 0.490 e. The number of amides is 1. The van der Waals surface area contributed by atoms with Crippen molar-refractivity contribution in [1.29, 1.82) is 0 Å². The average Bonchev–Trinajstić information content (AvgIpc) is 2.73. The molecule has 0 aliphatic rings. The summed E-state index contributed by atoms with van der Waals surface area (Å²) >= 11 is 0. The lowest BCUT2D eigenvalue weighted by Crippen LogP contribution is -2.38. The molecule has 0 fully saturated rings. The summed E-state index contributed by atoms with van der Waals surface area (Å²) in [6.45, 7) is 11.9. The summed E-state index contributed by atoms with van der Waals surface area (Å²) in [4.78, 5) is 16.0. The Kier molecular flexibility index (Phi) is 12.5. The van der Waals surface area contributed by atoms with Crippen LogP contribution in [0.15, 0.2) is 47.5 Å². The molecule has 1 unspecified atom stereocenters. The number of anilines is 1. The van der Waals surface area contributed by atoms with Gasteiger partial charge in [-0.25, -0.2) is 4.99 Å². The molecule has 1 amide bonds. The molecule has 0 bridgehead atoms. The highest BCUT2D eigenvalue weighted by Gasteiger charge is 2.12. The number of guanidine groups is 1. The van der Waals surface area contributed by atoms with E-state index < -0.39 is 0 Å². The summed E-state index contributed by atoms with van der Waals surface area (Å²) < 4.78 is 11.4. The summed E-state index contributed by atoms with van der Waals surface area (Å²) in [5, 5.41) is 9.53. The number of benzene rings is 2. The van der Waals surface area contributed by atoms with Crippen LogP contribution in [0.1, 0.15) is 51.8 Å². The van der Waals surface area contributed by atoms with Crippen molar-refractivity contribution in [2.45, 2.75) is 47.2 Å². The van der Waals surface area contributed by atoms with E-state index in [1.807, 2.05) is 63.2 Å². The van der Waals surface area contributed by atoms with Gasteiger partial charge in [0.25, 0.3) is 0 Å². The number of ether oxygens (including phenoxy) is 2. The molecule has 8 heteroatoms. The Morgan fingerprint density at radius 3 is 2.41 bits per heavy atom. The quantitative estimate of drug-likeness (QED) is 0.222. The van der Waals surface area contributed by atoms with Gasteiger partial charge in [0.15, 0.2) is 17.5 Å². The van der Waals surface area contributed by atoms with Gasteiger partial charge in [0, 0.05) is 19.2 Å². The molecule has 7 nitrogen and oxygen atoms in total. The van der Waals surface area contributed by atoms with Crippen molar-refractivity contribution < 1.29 is 14.3 Å². The third-order valence-corrected chi connectivity index (χ3v) is 4.43. The van der Waals surface area contributed by atoms with Crippen molar-refractivity contribution in [3.63, 3.8) is 0 Å². The number of rotatable bonds is 10. The zero-order valence-electron chi connectivity index (χ0n) is 19.5. The number of hydrogen-bond donors (Lipinski definition) is 3. The van der Waals surface area contributed by atoms with Crippen LogP contribution in [0.5, 0.6) is 11.5 Å². The number of halogens is 1. The molecule has 0 aliphatic carbocycles. The zero-order valence-corrected chi connectivity index (χ0v) is 21.9. The Morgan fingerprint density at radius 1 is 1.03 bits per heavy atom. The van der Waals surface area contributed by atoms with Gasteiger partial charge in [-0.15, -0.1) is 24.0 Å². The lowest BCUT2D eigenvalue weighted by atomic mass is 10.1. The standard InChI is InChI=1S/C24H34N4O3.HI/c1-6-25-24(26-16-19-10-9-11-21(14-19)28-18(5)29)27-17(4)20-12-13-22(30-7-2)23(15-20)31-8-3;/h9-15,17H,6-8,16H2,1-5H3,(H,28,29)(H2,25,26,27);1H. The molecule has 176 valence electrons.